The Hall–Kier alpha value is -3.20. The maximum Gasteiger partial charge on any atom is 0.417 e. The Labute approximate surface area is 170 Å². The minimum atomic E-state index is -4.46. The predicted octanol–water partition coefficient (Wildman–Crippen LogP) is 4.31. The molecular formula is C21H19F3N4O2. The van der Waals surface area contributed by atoms with Crippen molar-refractivity contribution >= 4 is 22.6 Å². The number of amides is 1. The molecule has 3 N–H and O–H groups in total. The van der Waals surface area contributed by atoms with Crippen LogP contribution in [0, 0.1) is 0 Å². The van der Waals surface area contributed by atoms with Crippen molar-refractivity contribution in [2.75, 3.05) is 5.73 Å². The van der Waals surface area contributed by atoms with Crippen LogP contribution in [0.25, 0.3) is 10.9 Å². The number of hydrogen-bond acceptors (Lipinski definition) is 5. The number of pyridine rings is 2. The van der Waals surface area contributed by atoms with Crippen molar-refractivity contribution in [3.05, 3.63) is 64.5 Å². The van der Waals surface area contributed by atoms with Gasteiger partial charge in [-0.25, -0.2) is 4.98 Å². The first-order valence-electron chi connectivity index (χ1n) is 9.32. The van der Waals surface area contributed by atoms with Crippen molar-refractivity contribution < 1.29 is 22.7 Å². The van der Waals surface area contributed by atoms with Gasteiger partial charge in [0.15, 0.2) is 0 Å². The molecule has 4 rings (SSSR count). The van der Waals surface area contributed by atoms with E-state index in [4.69, 9.17) is 10.5 Å². The minimum absolute atomic E-state index is 0.167. The van der Waals surface area contributed by atoms with Crippen LogP contribution in [0.1, 0.15) is 58.7 Å². The van der Waals surface area contributed by atoms with Crippen molar-refractivity contribution in [2.24, 2.45) is 0 Å². The van der Waals surface area contributed by atoms with Crippen molar-refractivity contribution in [2.45, 2.75) is 38.8 Å². The molecule has 3 heterocycles. The lowest BCUT2D eigenvalue weighted by Gasteiger charge is -2.15. The van der Waals surface area contributed by atoms with Crippen LogP contribution in [0.4, 0.5) is 19.0 Å². The van der Waals surface area contributed by atoms with Crippen LogP contribution in [0.3, 0.4) is 0 Å². The molecule has 3 aromatic rings. The van der Waals surface area contributed by atoms with Crippen LogP contribution in [0.15, 0.2) is 36.5 Å². The first-order valence-corrected chi connectivity index (χ1v) is 9.32. The summed E-state index contributed by atoms with van der Waals surface area (Å²) in [5.74, 6) is 0.0466. The lowest BCUT2D eigenvalue weighted by molar-refractivity contribution is -0.137. The summed E-state index contributed by atoms with van der Waals surface area (Å²) in [6.45, 7) is 3.94. The van der Waals surface area contributed by atoms with E-state index >= 15 is 0 Å². The molecule has 1 aromatic carbocycles. The molecule has 0 fully saturated rings. The number of carbonyl (C=O) groups is 1. The molecule has 0 bridgehead atoms. The van der Waals surface area contributed by atoms with Crippen LogP contribution in [-0.4, -0.2) is 15.9 Å². The standard InChI is InChI=1S/C21H19F3N4O2/c1-10(16-6-4-13(8-26-16)21(22,23)24)27-20(29)12-3-5-17-14(7-12)15-9-30-11(2)18(15)19(25)28-17/h3-8,10-11H,9H2,1-2H3,(H2,25,28)(H,27,29)/t10-,11-/m1/s1. The molecule has 2 aromatic heterocycles. The first kappa shape index (κ1) is 20.1. The number of nitrogens with two attached hydrogens (primary N) is 1. The number of nitrogen functional groups attached to an aromatic ring is 1. The summed E-state index contributed by atoms with van der Waals surface area (Å²) >= 11 is 0. The quantitative estimate of drug-likeness (QED) is 0.664. The zero-order valence-corrected chi connectivity index (χ0v) is 16.2. The van der Waals surface area contributed by atoms with Gasteiger partial charge >= 0.3 is 6.18 Å². The molecular weight excluding hydrogens is 397 g/mol. The molecule has 6 nitrogen and oxygen atoms in total. The van der Waals surface area contributed by atoms with Gasteiger partial charge in [0.25, 0.3) is 5.91 Å². The Morgan fingerprint density at radius 1 is 1.30 bits per heavy atom. The van der Waals surface area contributed by atoms with E-state index in [9.17, 15) is 18.0 Å². The highest BCUT2D eigenvalue weighted by Gasteiger charge is 2.31. The average Bonchev–Trinajstić information content (AvgIpc) is 3.10. The number of alkyl halides is 3. The monoisotopic (exact) mass is 416 g/mol. The largest absolute Gasteiger partial charge is 0.417 e. The molecule has 1 aliphatic heterocycles. The fourth-order valence-electron chi connectivity index (χ4n) is 3.59. The second-order valence-electron chi connectivity index (χ2n) is 7.24. The molecule has 0 radical (unpaired) electrons. The second kappa shape index (κ2) is 7.24. The molecule has 9 heteroatoms. The number of nitrogens with zero attached hydrogens (tertiary/aromatic N) is 2. The number of halogens is 3. The fraction of sp³-hybridized carbons (Fsp3) is 0.286. The number of hydrogen-bond donors (Lipinski definition) is 2. The summed E-state index contributed by atoms with van der Waals surface area (Å²) in [7, 11) is 0. The highest BCUT2D eigenvalue weighted by molar-refractivity contribution is 5.99. The van der Waals surface area contributed by atoms with Crippen LogP contribution in [0.5, 0.6) is 0 Å². The van der Waals surface area contributed by atoms with Crippen molar-refractivity contribution in [3.8, 4) is 0 Å². The Morgan fingerprint density at radius 2 is 2.07 bits per heavy atom. The Kier molecular flexibility index (Phi) is 4.85. The highest BCUT2D eigenvalue weighted by atomic mass is 19.4. The number of nitrogens with one attached hydrogen (secondary N) is 1. The normalized spacial score (nSPS) is 17.0. The molecule has 30 heavy (non-hydrogen) atoms. The smallest absolute Gasteiger partial charge is 0.383 e. The molecule has 1 amide bonds. The van der Waals surface area contributed by atoms with E-state index in [1.54, 1.807) is 25.1 Å². The molecule has 0 unspecified atom stereocenters. The average molecular weight is 416 g/mol. The Morgan fingerprint density at radius 3 is 2.73 bits per heavy atom. The molecule has 0 spiro atoms. The maximum absolute atomic E-state index is 12.7. The summed E-state index contributed by atoms with van der Waals surface area (Å²) in [6.07, 6.45) is -3.86. The third kappa shape index (κ3) is 3.56. The van der Waals surface area contributed by atoms with Gasteiger partial charge in [0.2, 0.25) is 0 Å². The summed E-state index contributed by atoms with van der Waals surface area (Å²) in [4.78, 5) is 21.0. The van der Waals surface area contributed by atoms with Gasteiger partial charge in [-0.1, -0.05) is 0 Å². The second-order valence-corrected chi connectivity index (χ2v) is 7.24. The van der Waals surface area contributed by atoms with E-state index in [-0.39, 0.29) is 12.0 Å². The fourth-order valence-corrected chi connectivity index (χ4v) is 3.59. The third-order valence-electron chi connectivity index (χ3n) is 5.21. The van der Waals surface area contributed by atoms with Crippen molar-refractivity contribution in [1.82, 2.24) is 15.3 Å². The number of ether oxygens (including phenoxy) is 1. The summed E-state index contributed by atoms with van der Waals surface area (Å²) in [6, 6.07) is 6.69. The Bertz CT molecular complexity index is 1130. The van der Waals surface area contributed by atoms with Crippen LogP contribution in [0.2, 0.25) is 0 Å². The number of carbonyl (C=O) groups excluding carboxylic acids is 1. The summed E-state index contributed by atoms with van der Waals surface area (Å²) < 4.78 is 43.7. The number of fused-ring (bicyclic) bond motifs is 3. The molecule has 0 aliphatic carbocycles. The topological polar surface area (TPSA) is 90.1 Å². The predicted molar refractivity (Wildman–Crippen MR) is 104 cm³/mol. The van der Waals surface area contributed by atoms with E-state index in [2.05, 4.69) is 15.3 Å². The number of benzene rings is 1. The summed E-state index contributed by atoms with van der Waals surface area (Å²) in [5, 5.41) is 3.55. The maximum atomic E-state index is 12.7. The molecule has 1 aliphatic rings. The van der Waals surface area contributed by atoms with E-state index in [1.807, 2.05) is 6.92 Å². The van der Waals surface area contributed by atoms with Gasteiger partial charge in [0.05, 0.1) is 35.5 Å². The zero-order valence-electron chi connectivity index (χ0n) is 16.2. The molecule has 0 saturated carbocycles. The molecule has 156 valence electrons. The van der Waals surface area contributed by atoms with Crippen LogP contribution in [-0.2, 0) is 17.5 Å². The van der Waals surface area contributed by atoms with E-state index < -0.39 is 17.8 Å². The minimum Gasteiger partial charge on any atom is -0.383 e. The first-order chi connectivity index (χ1) is 14.1. The van der Waals surface area contributed by atoms with E-state index in [0.29, 0.717) is 29.2 Å². The van der Waals surface area contributed by atoms with Gasteiger partial charge in [0, 0.05) is 22.7 Å². The highest BCUT2D eigenvalue weighted by Crippen LogP contribution is 2.38. The zero-order chi connectivity index (χ0) is 21.6. The Balaban J connectivity index is 1.58. The van der Waals surface area contributed by atoms with Crippen LogP contribution < -0.4 is 11.1 Å². The summed E-state index contributed by atoms with van der Waals surface area (Å²) in [5.41, 5.74) is 8.35. The van der Waals surface area contributed by atoms with E-state index in [0.717, 1.165) is 28.8 Å². The lowest BCUT2D eigenvalue weighted by Crippen LogP contribution is -2.27. The van der Waals surface area contributed by atoms with Gasteiger partial charge in [-0.2, -0.15) is 13.2 Å². The SMILES string of the molecule is C[C@@H](NC(=O)c1ccc2nc(N)c3c(c2c1)CO[C@@H]3C)c1ccc(C(F)(F)F)cn1. The molecule has 2 atom stereocenters. The van der Waals surface area contributed by atoms with Gasteiger partial charge in [-0.05, 0) is 49.7 Å². The van der Waals surface area contributed by atoms with Gasteiger partial charge < -0.3 is 15.8 Å². The third-order valence-corrected chi connectivity index (χ3v) is 5.21. The van der Waals surface area contributed by atoms with Crippen molar-refractivity contribution in [3.63, 3.8) is 0 Å². The number of rotatable bonds is 3. The van der Waals surface area contributed by atoms with Gasteiger partial charge in [-0.3, -0.25) is 9.78 Å². The van der Waals surface area contributed by atoms with Gasteiger partial charge in [-0.15, -0.1) is 0 Å². The molecule has 0 saturated heterocycles. The lowest BCUT2D eigenvalue weighted by atomic mass is 10.00. The number of anilines is 1. The number of aromatic nitrogens is 2. The van der Waals surface area contributed by atoms with E-state index in [1.165, 1.54) is 6.07 Å². The van der Waals surface area contributed by atoms with Crippen LogP contribution >= 0.6 is 0 Å². The van der Waals surface area contributed by atoms with Gasteiger partial charge in [0.1, 0.15) is 5.82 Å². The van der Waals surface area contributed by atoms with Crippen molar-refractivity contribution in [1.29, 1.82) is 0 Å².